The lowest BCUT2D eigenvalue weighted by molar-refractivity contribution is -0.144. The van der Waals surface area contributed by atoms with E-state index < -0.39 is 23.7 Å². The summed E-state index contributed by atoms with van der Waals surface area (Å²) in [5, 5.41) is 17.7. The zero-order valence-electron chi connectivity index (χ0n) is 21.9. The Morgan fingerprint density at radius 3 is 2.36 bits per heavy atom. The van der Waals surface area contributed by atoms with Crippen LogP contribution in [0.4, 0.5) is 8.78 Å². The van der Waals surface area contributed by atoms with Crippen LogP contribution in [0.15, 0.2) is 18.2 Å². The zero-order chi connectivity index (χ0) is 26.0. The maximum atomic E-state index is 13.5. The number of carbonyl (C=O) groups excluding carboxylic acids is 2. The topological polar surface area (TPSA) is 78.4 Å². The summed E-state index contributed by atoms with van der Waals surface area (Å²) in [6, 6.07) is 3.26. The SMILES string of the molecule is CC(C(=O)NCc1cc(F)cc(F)c1)C1CCC2(C)CCC(NC(=O)C3CCCCC3)C(C)C2C1O. The lowest BCUT2D eigenvalue weighted by atomic mass is 9.51. The largest absolute Gasteiger partial charge is 0.392 e. The molecule has 3 aliphatic carbocycles. The van der Waals surface area contributed by atoms with Crippen molar-refractivity contribution in [3.8, 4) is 0 Å². The number of amides is 2. The van der Waals surface area contributed by atoms with Crippen LogP contribution in [-0.4, -0.2) is 29.1 Å². The fourth-order valence-corrected chi connectivity index (χ4v) is 7.42. The van der Waals surface area contributed by atoms with Crippen molar-refractivity contribution in [3.05, 3.63) is 35.4 Å². The van der Waals surface area contributed by atoms with E-state index >= 15 is 0 Å². The average molecular weight is 505 g/mol. The van der Waals surface area contributed by atoms with Gasteiger partial charge in [0, 0.05) is 30.5 Å². The third-order valence-corrected chi connectivity index (χ3v) is 9.64. The van der Waals surface area contributed by atoms with Gasteiger partial charge in [-0.3, -0.25) is 9.59 Å². The first-order valence-electron chi connectivity index (χ1n) is 13.8. The summed E-state index contributed by atoms with van der Waals surface area (Å²) in [7, 11) is 0. The molecule has 1 aromatic rings. The van der Waals surface area contributed by atoms with Crippen molar-refractivity contribution in [3.63, 3.8) is 0 Å². The van der Waals surface area contributed by atoms with Gasteiger partial charge in [0.05, 0.1) is 6.10 Å². The minimum Gasteiger partial charge on any atom is -0.392 e. The lowest BCUT2D eigenvalue weighted by Crippen LogP contribution is -2.59. The first kappa shape index (κ1) is 27.0. The highest BCUT2D eigenvalue weighted by atomic mass is 19.1. The molecule has 0 saturated heterocycles. The van der Waals surface area contributed by atoms with Gasteiger partial charge in [0.15, 0.2) is 0 Å². The van der Waals surface area contributed by atoms with Gasteiger partial charge >= 0.3 is 0 Å². The molecule has 0 bridgehead atoms. The van der Waals surface area contributed by atoms with Crippen LogP contribution in [-0.2, 0) is 16.1 Å². The van der Waals surface area contributed by atoms with E-state index in [1.807, 2.05) is 6.92 Å². The molecule has 7 unspecified atom stereocenters. The Morgan fingerprint density at radius 1 is 1.06 bits per heavy atom. The molecule has 2 amide bonds. The smallest absolute Gasteiger partial charge is 0.223 e. The summed E-state index contributed by atoms with van der Waals surface area (Å²) in [5.41, 5.74) is 0.346. The number of aliphatic hydroxyl groups is 1. The first-order chi connectivity index (χ1) is 17.1. The van der Waals surface area contributed by atoms with E-state index in [0.717, 1.165) is 57.4 Å². The summed E-state index contributed by atoms with van der Waals surface area (Å²) < 4.78 is 27.0. The van der Waals surface area contributed by atoms with Crippen LogP contribution in [0, 0.1) is 46.6 Å². The molecule has 1 aromatic carbocycles. The van der Waals surface area contributed by atoms with Gasteiger partial charge in [-0.05, 0) is 79.4 Å². The van der Waals surface area contributed by atoms with E-state index in [1.54, 1.807) is 0 Å². The molecular weight excluding hydrogens is 462 g/mol. The molecule has 3 saturated carbocycles. The lowest BCUT2D eigenvalue weighted by Gasteiger charge is -2.56. The van der Waals surface area contributed by atoms with Crippen molar-refractivity contribution < 1.29 is 23.5 Å². The number of carbonyl (C=O) groups is 2. The van der Waals surface area contributed by atoms with Gasteiger partial charge < -0.3 is 15.7 Å². The standard InChI is InChI=1S/C29H42F2N2O3/c1-17(27(35)32-16-19-13-21(30)15-22(31)14-19)23-9-11-29(3)12-10-24(18(2)25(29)26(23)34)33-28(36)20-7-5-4-6-8-20/h13-15,17-18,20,23-26,34H,4-12,16H2,1-3H3,(H,32,35)(H,33,36). The predicted octanol–water partition coefficient (Wildman–Crippen LogP) is 5.11. The summed E-state index contributed by atoms with van der Waals surface area (Å²) in [4.78, 5) is 25.9. The Labute approximate surface area is 213 Å². The summed E-state index contributed by atoms with van der Waals surface area (Å²) >= 11 is 0. The molecule has 7 heteroatoms. The molecule has 36 heavy (non-hydrogen) atoms. The Balaban J connectivity index is 1.39. The number of halogens is 2. The fourth-order valence-electron chi connectivity index (χ4n) is 7.42. The molecule has 3 N–H and O–H groups in total. The molecule has 7 atom stereocenters. The van der Waals surface area contributed by atoms with E-state index in [0.29, 0.717) is 5.56 Å². The maximum absolute atomic E-state index is 13.5. The van der Waals surface area contributed by atoms with Crippen molar-refractivity contribution in [2.45, 2.75) is 97.2 Å². The third kappa shape index (κ3) is 5.76. The number of nitrogens with one attached hydrogen (secondary N) is 2. The monoisotopic (exact) mass is 504 g/mol. The normalized spacial score (nSPS) is 33.9. The van der Waals surface area contributed by atoms with Crippen molar-refractivity contribution >= 4 is 11.8 Å². The number of hydrogen-bond acceptors (Lipinski definition) is 3. The Hall–Kier alpha value is -2.02. The second-order valence-electron chi connectivity index (χ2n) is 12.0. The maximum Gasteiger partial charge on any atom is 0.223 e. The molecule has 5 nitrogen and oxygen atoms in total. The molecule has 200 valence electrons. The zero-order valence-corrected chi connectivity index (χ0v) is 21.9. The minimum atomic E-state index is -0.675. The van der Waals surface area contributed by atoms with E-state index in [9.17, 15) is 23.5 Å². The van der Waals surface area contributed by atoms with Crippen molar-refractivity contribution in [1.82, 2.24) is 10.6 Å². The van der Waals surface area contributed by atoms with Gasteiger partial charge in [0.2, 0.25) is 11.8 Å². The summed E-state index contributed by atoms with van der Waals surface area (Å²) in [6.45, 7) is 6.25. The van der Waals surface area contributed by atoms with Crippen LogP contribution in [0.3, 0.4) is 0 Å². The number of benzene rings is 1. The highest BCUT2D eigenvalue weighted by molar-refractivity contribution is 5.79. The first-order valence-corrected chi connectivity index (χ1v) is 13.8. The van der Waals surface area contributed by atoms with Crippen LogP contribution in [0.2, 0.25) is 0 Å². The van der Waals surface area contributed by atoms with E-state index in [-0.39, 0.29) is 53.5 Å². The van der Waals surface area contributed by atoms with Gasteiger partial charge in [0.1, 0.15) is 11.6 Å². The molecule has 4 rings (SSSR count). The van der Waals surface area contributed by atoms with Crippen LogP contribution in [0.5, 0.6) is 0 Å². The number of aliphatic hydroxyl groups excluding tert-OH is 1. The predicted molar refractivity (Wildman–Crippen MR) is 135 cm³/mol. The fraction of sp³-hybridized carbons (Fsp3) is 0.724. The van der Waals surface area contributed by atoms with Gasteiger partial charge in [-0.1, -0.05) is 40.0 Å². The van der Waals surface area contributed by atoms with Crippen molar-refractivity contribution in [1.29, 1.82) is 0 Å². The van der Waals surface area contributed by atoms with Gasteiger partial charge in [-0.15, -0.1) is 0 Å². The summed E-state index contributed by atoms with van der Waals surface area (Å²) in [5.74, 6) is -1.84. The van der Waals surface area contributed by atoms with Gasteiger partial charge in [-0.2, -0.15) is 0 Å². The molecule has 0 aromatic heterocycles. The molecular formula is C29H42F2N2O3. The van der Waals surface area contributed by atoms with E-state index in [1.165, 1.54) is 18.6 Å². The highest BCUT2D eigenvalue weighted by Gasteiger charge is 2.54. The highest BCUT2D eigenvalue weighted by Crippen LogP contribution is 2.55. The number of fused-ring (bicyclic) bond motifs is 1. The Kier molecular flexibility index (Phi) is 8.38. The average Bonchev–Trinajstić information content (AvgIpc) is 2.84. The van der Waals surface area contributed by atoms with Gasteiger partial charge in [0.25, 0.3) is 0 Å². The third-order valence-electron chi connectivity index (χ3n) is 9.64. The van der Waals surface area contributed by atoms with Crippen LogP contribution in [0.1, 0.15) is 84.1 Å². The van der Waals surface area contributed by atoms with Crippen molar-refractivity contribution in [2.75, 3.05) is 0 Å². The minimum absolute atomic E-state index is 0.00535. The second-order valence-corrected chi connectivity index (χ2v) is 12.0. The Morgan fingerprint density at radius 2 is 1.69 bits per heavy atom. The van der Waals surface area contributed by atoms with Crippen LogP contribution >= 0.6 is 0 Å². The Bertz CT molecular complexity index is 930. The molecule has 0 spiro atoms. The van der Waals surface area contributed by atoms with Crippen LogP contribution < -0.4 is 10.6 Å². The second kappa shape index (κ2) is 11.2. The number of hydrogen-bond donors (Lipinski definition) is 3. The molecule has 0 heterocycles. The van der Waals surface area contributed by atoms with E-state index in [4.69, 9.17) is 0 Å². The molecule has 3 fully saturated rings. The molecule has 0 radical (unpaired) electrons. The summed E-state index contributed by atoms with van der Waals surface area (Å²) in [6.07, 6.45) is 8.28. The van der Waals surface area contributed by atoms with Gasteiger partial charge in [-0.25, -0.2) is 8.78 Å². The molecule has 0 aliphatic heterocycles. The van der Waals surface area contributed by atoms with Crippen molar-refractivity contribution in [2.24, 2.45) is 35.0 Å². The molecule has 3 aliphatic rings. The van der Waals surface area contributed by atoms with Crippen LogP contribution in [0.25, 0.3) is 0 Å². The quantitative estimate of drug-likeness (QED) is 0.504. The van der Waals surface area contributed by atoms with E-state index in [2.05, 4.69) is 24.5 Å². The number of rotatable bonds is 6.